The molecule has 4 rings (SSSR count). The van der Waals surface area contributed by atoms with E-state index in [1.165, 1.54) is 0 Å². The third-order valence-corrected chi connectivity index (χ3v) is 6.44. The molecule has 2 fully saturated rings. The SMILES string of the molecule is CN(C)C1CCCN(C(=O)c2cc3c(NC(=O)NC4CCC(=O)CC4)cccc3[nH]2)C1. The predicted octanol–water partition coefficient (Wildman–Crippen LogP) is 2.97. The third-order valence-electron chi connectivity index (χ3n) is 6.44. The highest BCUT2D eigenvalue weighted by atomic mass is 16.2. The summed E-state index contributed by atoms with van der Waals surface area (Å²) in [5.41, 5.74) is 2.00. The molecule has 1 saturated carbocycles. The van der Waals surface area contributed by atoms with E-state index in [4.69, 9.17) is 0 Å². The van der Waals surface area contributed by atoms with Gasteiger partial charge >= 0.3 is 6.03 Å². The van der Waals surface area contributed by atoms with Gasteiger partial charge in [-0.25, -0.2) is 4.79 Å². The Hall–Kier alpha value is -2.87. The van der Waals surface area contributed by atoms with E-state index in [1.54, 1.807) is 0 Å². The van der Waals surface area contributed by atoms with Crippen LogP contribution < -0.4 is 10.6 Å². The van der Waals surface area contributed by atoms with Crippen LogP contribution in [-0.2, 0) is 4.79 Å². The number of fused-ring (bicyclic) bond motifs is 1. The molecular weight excluding hydrogens is 394 g/mol. The van der Waals surface area contributed by atoms with Crippen LogP contribution in [0.15, 0.2) is 24.3 Å². The maximum Gasteiger partial charge on any atom is 0.319 e. The van der Waals surface area contributed by atoms with Gasteiger partial charge in [-0.15, -0.1) is 0 Å². The van der Waals surface area contributed by atoms with Crippen molar-refractivity contribution in [2.24, 2.45) is 0 Å². The molecule has 3 N–H and O–H groups in total. The number of amides is 3. The molecule has 1 unspecified atom stereocenters. The summed E-state index contributed by atoms with van der Waals surface area (Å²) in [6, 6.07) is 7.52. The van der Waals surface area contributed by atoms with Crippen LogP contribution >= 0.6 is 0 Å². The number of carbonyl (C=O) groups is 3. The number of carbonyl (C=O) groups excluding carboxylic acids is 3. The van der Waals surface area contributed by atoms with Crippen LogP contribution in [-0.4, -0.2) is 71.8 Å². The molecule has 8 nitrogen and oxygen atoms in total. The smallest absolute Gasteiger partial charge is 0.319 e. The summed E-state index contributed by atoms with van der Waals surface area (Å²) in [4.78, 5) is 44.3. The van der Waals surface area contributed by atoms with Gasteiger partial charge in [0.25, 0.3) is 5.91 Å². The topological polar surface area (TPSA) is 97.5 Å². The third kappa shape index (κ3) is 4.90. The van der Waals surface area contributed by atoms with Crippen LogP contribution in [0.3, 0.4) is 0 Å². The minimum atomic E-state index is -0.286. The molecule has 1 aliphatic heterocycles. The number of urea groups is 1. The molecule has 1 atom stereocenters. The Kier molecular flexibility index (Phi) is 6.27. The number of benzene rings is 1. The molecule has 2 heterocycles. The van der Waals surface area contributed by atoms with Gasteiger partial charge in [0.15, 0.2) is 0 Å². The van der Waals surface area contributed by atoms with Crippen molar-refractivity contribution in [3.63, 3.8) is 0 Å². The van der Waals surface area contributed by atoms with Crippen molar-refractivity contribution in [1.82, 2.24) is 20.1 Å². The zero-order valence-corrected chi connectivity index (χ0v) is 18.2. The number of nitrogens with zero attached hydrogens (tertiary/aromatic N) is 2. The first-order valence-electron chi connectivity index (χ1n) is 11.1. The molecule has 1 aromatic heterocycles. The van der Waals surface area contributed by atoms with E-state index in [1.807, 2.05) is 29.2 Å². The van der Waals surface area contributed by atoms with Crippen LogP contribution in [0, 0.1) is 0 Å². The Morgan fingerprint density at radius 1 is 1.16 bits per heavy atom. The predicted molar refractivity (Wildman–Crippen MR) is 120 cm³/mol. The van der Waals surface area contributed by atoms with Crippen molar-refractivity contribution in [1.29, 1.82) is 0 Å². The van der Waals surface area contributed by atoms with Gasteiger partial charge in [0.05, 0.1) is 5.69 Å². The van der Waals surface area contributed by atoms with Crippen molar-refractivity contribution in [2.45, 2.75) is 50.6 Å². The fraction of sp³-hybridized carbons (Fsp3) is 0.522. The number of hydrogen-bond donors (Lipinski definition) is 3. The average molecular weight is 426 g/mol. The van der Waals surface area contributed by atoms with Crippen LogP contribution in [0.2, 0.25) is 0 Å². The van der Waals surface area contributed by atoms with E-state index >= 15 is 0 Å². The number of nitrogens with one attached hydrogen (secondary N) is 3. The summed E-state index contributed by atoms with van der Waals surface area (Å²) in [7, 11) is 4.10. The normalized spacial score (nSPS) is 20.3. The number of aromatic nitrogens is 1. The van der Waals surface area contributed by atoms with Crippen LogP contribution in [0.5, 0.6) is 0 Å². The highest BCUT2D eigenvalue weighted by Crippen LogP contribution is 2.26. The zero-order valence-electron chi connectivity index (χ0n) is 18.2. The first kappa shape index (κ1) is 21.4. The molecule has 1 aliphatic carbocycles. The monoisotopic (exact) mass is 425 g/mol. The van der Waals surface area contributed by atoms with E-state index in [0.29, 0.717) is 43.1 Å². The van der Waals surface area contributed by atoms with Crippen molar-refractivity contribution in [2.75, 3.05) is 32.5 Å². The molecule has 31 heavy (non-hydrogen) atoms. The number of ketones is 1. The maximum atomic E-state index is 13.1. The van der Waals surface area contributed by atoms with E-state index in [2.05, 4.69) is 34.6 Å². The number of likely N-dealkylation sites (N-methyl/N-ethyl adjacent to an activating group) is 1. The first-order chi connectivity index (χ1) is 14.9. The lowest BCUT2D eigenvalue weighted by Gasteiger charge is -2.35. The van der Waals surface area contributed by atoms with Gasteiger partial charge in [0.1, 0.15) is 11.5 Å². The number of anilines is 1. The van der Waals surface area contributed by atoms with Crippen LogP contribution in [0.25, 0.3) is 10.9 Å². The van der Waals surface area contributed by atoms with E-state index in [0.717, 1.165) is 36.8 Å². The fourth-order valence-electron chi connectivity index (χ4n) is 4.54. The molecule has 0 spiro atoms. The number of piperidine rings is 1. The highest BCUT2D eigenvalue weighted by Gasteiger charge is 2.27. The van der Waals surface area contributed by atoms with Crippen molar-refractivity contribution >= 4 is 34.3 Å². The number of likely N-dealkylation sites (tertiary alicyclic amines) is 1. The van der Waals surface area contributed by atoms with Gasteiger partial charge in [-0.05, 0) is 58.0 Å². The van der Waals surface area contributed by atoms with Gasteiger partial charge in [0.2, 0.25) is 0 Å². The largest absolute Gasteiger partial charge is 0.350 e. The molecule has 0 radical (unpaired) electrons. The fourth-order valence-corrected chi connectivity index (χ4v) is 4.54. The highest BCUT2D eigenvalue weighted by molar-refractivity contribution is 6.05. The van der Waals surface area contributed by atoms with E-state index in [9.17, 15) is 14.4 Å². The van der Waals surface area contributed by atoms with E-state index < -0.39 is 0 Å². The number of H-pyrrole nitrogens is 1. The Bertz CT molecular complexity index is 973. The van der Waals surface area contributed by atoms with Crippen molar-refractivity contribution in [3.05, 3.63) is 30.0 Å². The van der Waals surface area contributed by atoms with Gasteiger partial charge in [-0.2, -0.15) is 0 Å². The lowest BCUT2D eigenvalue weighted by Crippen LogP contribution is -2.47. The molecule has 0 bridgehead atoms. The Morgan fingerprint density at radius 2 is 1.94 bits per heavy atom. The Labute approximate surface area is 182 Å². The van der Waals surface area contributed by atoms with Crippen LogP contribution in [0.1, 0.15) is 49.0 Å². The summed E-state index contributed by atoms with van der Waals surface area (Å²) in [5, 5.41) is 6.67. The minimum absolute atomic E-state index is 0.00924. The van der Waals surface area contributed by atoms with Crippen molar-refractivity contribution < 1.29 is 14.4 Å². The van der Waals surface area contributed by atoms with Crippen molar-refractivity contribution in [3.8, 4) is 0 Å². The number of Topliss-reactive ketones (excluding diaryl/α,β-unsaturated/α-hetero) is 1. The molecule has 166 valence electrons. The average Bonchev–Trinajstić information content (AvgIpc) is 3.20. The summed E-state index contributed by atoms with van der Waals surface area (Å²) in [5.74, 6) is 0.253. The lowest BCUT2D eigenvalue weighted by molar-refractivity contribution is -0.120. The molecule has 8 heteroatoms. The molecule has 2 aliphatic rings. The number of rotatable bonds is 4. The second kappa shape index (κ2) is 9.09. The van der Waals surface area contributed by atoms with Gasteiger partial charge in [-0.3, -0.25) is 9.59 Å². The first-order valence-corrected chi connectivity index (χ1v) is 11.1. The quantitative estimate of drug-likeness (QED) is 0.702. The van der Waals surface area contributed by atoms with Gasteiger partial charge < -0.3 is 25.4 Å². The van der Waals surface area contributed by atoms with E-state index in [-0.39, 0.29) is 23.8 Å². The van der Waals surface area contributed by atoms with Crippen LogP contribution in [0.4, 0.5) is 10.5 Å². The summed E-state index contributed by atoms with van der Waals surface area (Å²) < 4.78 is 0. The second-order valence-corrected chi connectivity index (χ2v) is 8.87. The molecular formula is C23H31N5O3. The van der Waals surface area contributed by atoms with Gasteiger partial charge in [0, 0.05) is 48.9 Å². The summed E-state index contributed by atoms with van der Waals surface area (Å²) in [6.45, 7) is 1.48. The Balaban J connectivity index is 1.46. The molecule has 1 aromatic carbocycles. The number of aromatic amines is 1. The minimum Gasteiger partial charge on any atom is -0.350 e. The van der Waals surface area contributed by atoms with Gasteiger partial charge in [-0.1, -0.05) is 6.07 Å². The maximum absolute atomic E-state index is 13.1. The standard InChI is InChI=1S/C23H31N5O3/c1-27(2)16-5-4-12-28(14-16)22(30)21-13-18-19(25-21)6-3-7-20(18)26-23(31)24-15-8-10-17(29)11-9-15/h3,6-7,13,15-16,25H,4-5,8-12,14H2,1-2H3,(H2,24,26,31). The zero-order chi connectivity index (χ0) is 22.0. The molecule has 3 amide bonds. The molecule has 1 saturated heterocycles. The number of hydrogen-bond acceptors (Lipinski definition) is 4. The second-order valence-electron chi connectivity index (χ2n) is 8.87. The summed E-state index contributed by atoms with van der Waals surface area (Å²) >= 11 is 0. The molecule has 2 aromatic rings. The summed E-state index contributed by atoms with van der Waals surface area (Å²) in [6.07, 6.45) is 4.51. The Morgan fingerprint density at radius 3 is 2.68 bits per heavy atom. The lowest BCUT2D eigenvalue weighted by atomic mass is 9.94.